The molecule has 4 N–H and O–H groups in total. The fourth-order valence-corrected chi connectivity index (χ4v) is 2.57. The van der Waals surface area contributed by atoms with Gasteiger partial charge in [0, 0.05) is 12.8 Å². The highest BCUT2D eigenvalue weighted by Gasteiger charge is 2.33. The number of rotatable bonds is 3. The molecule has 0 heterocycles. The van der Waals surface area contributed by atoms with Crippen molar-refractivity contribution in [2.75, 3.05) is 0 Å². The lowest BCUT2D eigenvalue weighted by Gasteiger charge is -2.22. The largest absolute Gasteiger partial charge is 0.508 e. The van der Waals surface area contributed by atoms with Crippen LogP contribution in [0.15, 0.2) is 18.2 Å². The number of amides is 2. The number of hydrogen-bond donors (Lipinski definition) is 3. The SMILES string of the molecule is CC(=O)N[C@H](C(N)=O)[C@@H]1CCc2cc(O)ccc21. The first-order valence-electron chi connectivity index (χ1n) is 5.87. The van der Waals surface area contributed by atoms with E-state index in [9.17, 15) is 14.7 Å². The van der Waals surface area contributed by atoms with Crippen molar-refractivity contribution in [3.8, 4) is 5.75 Å². The van der Waals surface area contributed by atoms with Crippen LogP contribution in [0.25, 0.3) is 0 Å². The second-order valence-corrected chi connectivity index (χ2v) is 4.61. The van der Waals surface area contributed by atoms with Crippen molar-refractivity contribution in [1.82, 2.24) is 5.32 Å². The third kappa shape index (κ3) is 2.30. The topological polar surface area (TPSA) is 92.4 Å². The number of phenols is 1. The van der Waals surface area contributed by atoms with Gasteiger partial charge in [0.15, 0.2) is 0 Å². The molecule has 2 atom stereocenters. The van der Waals surface area contributed by atoms with Crippen LogP contribution < -0.4 is 11.1 Å². The second kappa shape index (κ2) is 4.68. The van der Waals surface area contributed by atoms with Crippen molar-refractivity contribution < 1.29 is 14.7 Å². The van der Waals surface area contributed by atoms with Crippen LogP contribution in [0.4, 0.5) is 0 Å². The van der Waals surface area contributed by atoms with Gasteiger partial charge in [0.25, 0.3) is 0 Å². The monoisotopic (exact) mass is 248 g/mol. The highest BCUT2D eigenvalue weighted by molar-refractivity contribution is 5.86. The van der Waals surface area contributed by atoms with Gasteiger partial charge in [-0.05, 0) is 36.1 Å². The maximum atomic E-state index is 11.5. The Labute approximate surface area is 105 Å². The van der Waals surface area contributed by atoms with Gasteiger partial charge in [0.1, 0.15) is 11.8 Å². The van der Waals surface area contributed by atoms with Gasteiger partial charge in [-0.15, -0.1) is 0 Å². The normalized spacial score (nSPS) is 19.1. The van der Waals surface area contributed by atoms with E-state index >= 15 is 0 Å². The molecule has 0 radical (unpaired) electrons. The van der Waals surface area contributed by atoms with Gasteiger partial charge in [-0.3, -0.25) is 9.59 Å². The average Bonchev–Trinajstić information content (AvgIpc) is 2.67. The predicted octanol–water partition coefficient (Wildman–Crippen LogP) is 0.412. The number of aryl methyl sites for hydroxylation is 1. The summed E-state index contributed by atoms with van der Waals surface area (Å²) >= 11 is 0. The van der Waals surface area contributed by atoms with Crippen LogP contribution in [-0.2, 0) is 16.0 Å². The molecule has 0 saturated carbocycles. The Bertz CT molecular complexity index is 499. The van der Waals surface area contributed by atoms with E-state index in [0.29, 0.717) is 0 Å². The standard InChI is InChI=1S/C13H16N2O3/c1-7(16)15-12(13(14)18)11-4-2-8-6-9(17)3-5-10(8)11/h3,5-6,11-12,17H,2,4H2,1H3,(H2,14,18)(H,15,16)/t11-,12+/m1/s1. The molecule has 5 nitrogen and oxygen atoms in total. The number of aromatic hydroxyl groups is 1. The Morgan fingerprint density at radius 2 is 2.22 bits per heavy atom. The summed E-state index contributed by atoms with van der Waals surface area (Å²) in [6.45, 7) is 1.36. The summed E-state index contributed by atoms with van der Waals surface area (Å²) < 4.78 is 0. The Morgan fingerprint density at radius 1 is 1.50 bits per heavy atom. The Hall–Kier alpha value is -2.04. The first kappa shape index (κ1) is 12.4. The maximum Gasteiger partial charge on any atom is 0.240 e. The summed E-state index contributed by atoms with van der Waals surface area (Å²) in [4.78, 5) is 22.6. The number of nitrogens with two attached hydrogens (primary N) is 1. The summed E-state index contributed by atoms with van der Waals surface area (Å²) in [6.07, 6.45) is 1.52. The minimum atomic E-state index is -0.687. The highest BCUT2D eigenvalue weighted by Crippen LogP contribution is 2.37. The van der Waals surface area contributed by atoms with Crippen LogP contribution in [0.5, 0.6) is 5.75 Å². The van der Waals surface area contributed by atoms with Crippen LogP contribution in [0.1, 0.15) is 30.4 Å². The van der Waals surface area contributed by atoms with Crippen LogP contribution in [0.2, 0.25) is 0 Å². The van der Waals surface area contributed by atoms with Crippen LogP contribution in [0.3, 0.4) is 0 Å². The molecule has 0 fully saturated rings. The molecule has 1 aliphatic carbocycles. The van der Waals surface area contributed by atoms with Gasteiger partial charge in [-0.25, -0.2) is 0 Å². The lowest BCUT2D eigenvalue weighted by atomic mass is 9.92. The van der Waals surface area contributed by atoms with Gasteiger partial charge in [0.05, 0.1) is 0 Å². The molecule has 18 heavy (non-hydrogen) atoms. The molecule has 0 bridgehead atoms. The first-order valence-corrected chi connectivity index (χ1v) is 5.87. The molecule has 2 rings (SSSR count). The lowest BCUT2D eigenvalue weighted by molar-refractivity contribution is -0.126. The van der Waals surface area contributed by atoms with Gasteiger partial charge >= 0.3 is 0 Å². The fraction of sp³-hybridized carbons (Fsp3) is 0.385. The zero-order chi connectivity index (χ0) is 13.3. The molecule has 0 aliphatic heterocycles. The summed E-state index contributed by atoms with van der Waals surface area (Å²) in [6, 6.07) is 4.39. The van der Waals surface area contributed by atoms with Crippen molar-refractivity contribution in [3.63, 3.8) is 0 Å². The third-order valence-corrected chi connectivity index (χ3v) is 3.32. The molecule has 0 unspecified atom stereocenters. The maximum absolute atomic E-state index is 11.5. The molecule has 0 aromatic heterocycles. The van der Waals surface area contributed by atoms with E-state index in [0.717, 1.165) is 24.0 Å². The summed E-state index contributed by atoms with van der Waals surface area (Å²) in [7, 11) is 0. The van der Waals surface area contributed by atoms with E-state index in [1.165, 1.54) is 6.92 Å². The van der Waals surface area contributed by atoms with E-state index in [1.54, 1.807) is 18.2 Å². The minimum absolute atomic E-state index is 0.109. The molecule has 0 spiro atoms. The van der Waals surface area contributed by atoms with Crippen molar-refractivity contribution >= 4 is 11.8 Å². The molecule has 96 valence electrons. The quantitative estimate of drug-likeness (QED) is 0.723. The molecule has 1 aliphatic rings. The van der Waals surface area contributed by atoms with Gasteiger partial charge in [0.2, 0.25) is 11.8 Å². The zero-order valence-corrected chi connectivity index (χ0v) is 10.1. The Balaban J connectivity index is 2.30. The van der Waals surface area contributed by atoms with Crippen LogP contribution in [-0.4, -0.2) is 23.0 Å². The van der Waals surface area contributed by atoms with E-state index in [4.69, 9.17) is 5.73 Å². The van der Waals surface area contributed by atoms with Gasteiger partial charge < -0.3 is 16.2 Å². The molecule has 1 aromatic carbocycles. The van der Waals surface area contributed by atoms with Crippen LogP contribution in [0, 0.1) is 0 Å². The summed E-state index contributed by atoms with van der Waals surface area (Å²) in [5.74, 6) is -0.700. The van der Waals surface area contributed by atoms with Crippen molar-refractivity contribution in [1.29, 1.82) is 0 Å². The summed E-state index contributed by atoms with van der Waals surface area (Å²) in [5, 5.41) is 12.0. The van der Waals surface area contributed by atoms with Crippen molar-refractivity contribution in [3.05, 3.63) is 29.3 Å². The Kier molecular flexibility index (Phi) is 3.23. The predicted molar refractivity (Wildman–Crippen MR) is 66.0 cm³/mol. The summed E-state index contributed by atoms with van der Waals surface area (Å²) in [5.41, 5.74) is 7.34. The number of fused-ring (bicyclic) bond motifs is 1. The number of primary amides is 1. The van der Waals surface area contributed by atoms with Gasteiger partial charge in [-0.2, -0.15) is 0 Å². The Morgan fingerprint density at radius 3 is 2.83 bits per heavy atom. The van der Waals surface area contributed by atoms with E-state index in [2.05, 4.69) is 5.32 Å². The number of carbonyl (C=O) groups excluding carboxylic acids is 2. The highest BCUT2D eigenvalue weighted by atomic mass is 16.3. The second-order valence-electron chi connectivity index (χ2n) is 4.61. The minimum Gasteiger partial charge on any atom is -0.508 e. The molecular formula is C13H16N2O3. The molecular weight excluding hydrogens is 232 g/mol. The van der Waals surface area contributed by atoms with Crippen LogP contribution >= 0.6 is 0 Å². The smallest absolute Gasteiger partial charge is 0.240 e. The number of benzene rings is 1. The number of hydrogen-bond acceptors (Lipinski definition) is 3. The lowest BCUT2D eigenvalue weighted by Crippen LogP contribution is -2.47. The number of nitrogens with one attached hydrogen (secondary N) is 1. The van der Waals surface area contributed by atoms with E-state index < -0.39 is 11.9 Å². The molecule has 2 amide bonds. The molecule has 1 aromatic rings. The fourth-order valence-electron chi connectivity index (χ4n) is 2.57. The zero-order valence-electron chi connectivity index (χ0n) is 10.1. The van der Waals surface area contributed by atoms with E-state index in [-0.39, 0.29) is 17.6 Å². The molecule has 5 heteroatoms. The van der Waals surface area contributed by atoms with Gasteiger partial charge in [-0.1, -0.05) is 6.07 Å². The number of phenolic OH excluding ortho intramolecular Hbond substituents is 1. The van der Waals surface area contributed by atoms with Crippen molar-refractivity contribution in [2.45, 2.75) is 31.7 Å². The third-order valence-electron chi connectivity index (χ3n) is 3.32. The van der Waals surface area contributed by atoms with E-state index in [1.807, 2.05) is 0 Å². The average molecular weight is 248 g/mol. The molecule has 0 saturated heterocycles. The first-order chi connectivity index (χ1) is 8.49. The number of carbonyl (C=O) groups is 2. The van der Waals surface area contributed by atoms with Crippen molar-refractivity contribution in [2.24, 2.45) is 5.73 Å².